The van der Waals surface area contributed by atoms with Gasteiger partial charge in [-0.05, 0) is 26.0 Å². The first kappa shape index (κ1) is 13.0. The maximum Gasteiger partial charge on any atom is 0.257 e. The highest BCUT2D eigenvalue weighted by atomic mass is 16.3. The number of nitriles is 1. The van der Waals surface area contributed by atoms with Crippen molar-refractivity contribution in [3.63, 3.8) is 0 Å². The maximum atomic E-state index is 12.2. The van der Waals surface area contributed by atoms with Crippen molar-refractivity contribution < 1.29 is 9.90 Å². The predicted octanol–water partition coefficient (Wildman–Crippen LogP) is 2.16. The van der Waals surface area contributed by atoms with Crippen molar-refractivity contribution in [3.8, 4) is 11.8 Å². The summed E-state index contributed by atoms with van der Waals surface area (Å²) in [6, 6.07) is 8.45. The lowest BCUT2D eigenvalue weighted by Gasteiger charge is -2.26. The zero-order valence-electron chi connectivity index (χ0n) is 10.1. The van der Waals surface area contributed by atoms with Crippen LogP contribution in [0, 0.1) is 11.3 Å². The number of para-hydroxylation sites is 1. The molecule has 0 aliphatic heterocycles. The van der Waals surface area contributed by atoms with E-state index in [1.807, 2.05) is 19.9 Å². The van der Waals surface area contributed by atoms with E-state index in [0.717, 1.165) is 0 Å². The van der Waals surface area contributed by atoms with Crippen LogP contribution < -0.4 is 0 Å². The molecule has 0 saturated carbocycles. The Hall–Kier alpha value is -2.02. The van der Waals surface area contributed by atoms with Crippen LogP contribution in [0.4, 0.5) is 0 Å². The molecule has 0 saturated heterocycles. The fourth-order valence-electron chi connectivity index (χ4n) is 1.57. The zero-order chi connectivity index (χ0) is 12.8. The minimum atomic E-state index is -0.242. The molecule has 0 radical (unpaired) electrons. The van der Waals surface area contributed by atoms with Gasteiger partial charge in [0.1, 0.15) is 5.75 Å². The lowest BCUT2D eigenvalue weighted by Crippen LogP contribution is -2.37. The number of phenols is 1. The summed E-state index contributed by atoms with van der Waals surface area (Å²) in [5.41, 5.74) is 0.277. The van der Waals surface area contributed by atoms with E-state index in [4.69, 9.17) is 5.26 Å². The van der Waals surface area contributed by atoms with E-state index in [-0.39, 0.29) is 29.7 Å². The van der Waals surface area contributed by atoms with Gasteiger partial charge in [-0.15, -0.1) is 0 Å². The summed E-state index contributed by atoms with van der Waals surface area (Å²) in [4.78, 5) is 13.8. The number of rotatable bonds is 4. The quantitative estimate of drug-likeness (QED) is 0.865. The molecule has 1 rings (SSSR count). The fraction of sp³-hybridized carbons (Fsp3) is 0.385. The van der Waals surface area contributed by atoms with Gasteiger partial charge in [-0.25, -0.2) is 0 Å². The van der Waals surface area contributed by atoms with E-state index in [9.17, 15) is 9.90 Å². The van der Waals surface area contributed by atoms with Crippen LogP contribution in [0.15, 0.2) is 24.3 Å². The minimum absolute atomic E-state index is 0.00421. The van der Waals surface area contributed by atoms with Crippen molar-refractivity contribution in [2.45, 2.75) is 26.3 Å². The topological polar surface area (TPSA) is 64.3 Å². The molecule has 4 nitrogen and oxygen atoms in total. The Morgan fingerprint density at radius 3 is 2.65 bits per heavy atom. The zero-order valence-corrected chi connectivity index (χ0v) is 10.1. The molecule has 0 heterocycles. The summed E-state index contributed by atoms with van der Waals surface area (Å²) >= 11 is 0. The first-order chi connectivity index (χ1) is 8.07. The number of hydrogen-bond donors (Lipinski definition) is 1. The lowest BCUT2D eigenvalue weighted by molar-refractivity contribution is 0.0707. The van der Waals surface area contributed by atoms with E-state index in [1.165, 1.54) is 6.07 Å². The molecule has 90 valence electrons. The summed E-state index contributed by atoms with van der Waals surface area (Å²) in [7, 11) is 0. The number of carbonyl (C=O) groups excluding carboxylic acids is 1. The van der Waals surface area contributed by atoms with Crippen LogP contribution in [0.5, 0.6) is 5.75 Å². The number of amides is 1. The molecule has 0 aliphatic rings. The largest absolute Gasteiger partial charge is 0.507 e. The summed E-state index contributed by atoms with van der Waals surface area (Å²) in [6.45, 7) is 4.14. The Morgan fingerprint density at radius 2 is 2.12 bits per heavy atom. The third kappa shape index (κ3) is 3.22. The predicted molar refractivity (Wildman–Crippen MR) is 64.5 cm³/mol. The molecule has 0 spiro atoms. The molecule has 4 heteroatoms. The minimum Gasteiger partial charge on any atom is -0.507 e. The van der Waals surface area contributed by atoms with Gasteiger partial charge in [0.25, 0.3) is 5.91 Å². The molecule has 1 aromatic carbocycles. The van der Waals surface area contributed by atoms with Gasteiger partial charge in [-0.3, -0.25) is 4.79 Å². The molecule has 0 atom stereocenters. The lowest BCUT2D eigenvalue weighted by atomic mass is 10.1. The fourth-order valence-corrected chi connectivity index (χ4v) is 1.57. The highest BCUT2D eigenvalue weighted by Gasteiger charge is 2.20. The van der Waals surface area contributed by atoms with Crippen LogP contribution in [-0.2, 0) is 0 Å². The summed E-state index contributed by atoms with van der Waals surface area (Å²) < 4.78 is 0. The van der Waals surface area contributed by atoms with Gasteiger partial charge >= 0.3 is 0 Å². The van der Waals surface area contributed by atoms with Crippen LogP contribution >= 0.6 is 0 Å². The highest BCUT2D eigenvalue weighted by molar-refractivity contribution is 5.96. The van der Waals surface area contributed by atoms with Gasteiger partial charge in [0.2, 0.25) is 0 Å². The van der Waals surface area contributed by atoms with Crippen LogP contribution in [0.25, 0.3) is 0 Å². The molecule has 0 aliphatic carbocycles. The number of aromatic hydroxyl groups is 1. The van der Waals surface area contributed by atoms with Crippen LogP contribution in [0.3, 0.4) is 0 Å². The van der Waals surface area contributed by atoms with Crippen LogP contribution in [0.2, 0.25) is 0 Å². The van der Waals surface area contributed by atoms with E-state index < -0.39 is 0 Å². The molecule has 0 bridgehead atoms. The average Bonchev–Trinajstić information content (AvgIpc) is 2.29. The van der Waals surface area contributed by atoms with Gasteiger partial charge < -0.3 is 10.0 Å². The van der Waals surface area contributed by atoms with E-state index in [0.29, 0.717) is 6.54 Å². The van der Waals surface area contributed by atoms with Gasteiger partial charge in [0.05, 0.1) is 18.1 Å². The SMILES string of the molecule is CC(C)N(CCC#N)C(=O)c1ccccc1O. The van der Waals surface area contributed by atoms with Crippen molar-refractivity contribution in [1.29, 1.82) is 5.26 Å². The molecular formula is C13H16N2O2. The van der Waals surface area contributed by atoms with Gasteiger partial charge in [-0.2, -0.15) is 5.26 Å². The molecule has 17 heavy (non-hydrogen) atoms. The first-order valence-corrected chi connectivity index (χ1v) is 5.53. The number of phenolic OH excluding ortho intramolecular Hbond substituents is 1. The summed E-state index contributed by atoms with van der Waals surface area (Å²) in [5, 5.41) is 18.2. The Morgan fingerprint density at radius 1 is 1.47 bits per heavy atom. The third-order valence-electron chi connectivity index (χ3n) is 2.48. The second kappa shape index (κ2) is 5.90. The second-order valence-electron chi connectivity index (χ2n) is 4.02. The van der Waals surface area contributed by atoms with Crippen molar-refractivity contribution in [1.82, 2.24) is 4.90 Å². The Labute approximate surface area is 101 Å². The van der Waals surface area contributed by atoms with E-state index in [2.05, 4.69) is 0 Å². The van der Waals surface area contributed by atoms with Crippen LogP contribution in [-0.4, -0.2) is 28.5 Å². The summed E-state index contributed by atoms with van der Waals surface area (Å²) in [6.07, 6.45) is 0.289. The number of nitrogens with zero attached hydrogens (tertiary/aromatic N) is 2. The highest BCUT2D eigenvalue weighted by Crippen LogP contribution is 2.19. The van der Waals surface area contributed by atoms with Gasteiger partial charge in [-0.1, -0.05) is 12.1 Å². The van der Waals surface area contributed by atoms with Gasteiger partial charge in [0.15, 0.2) is 0 Å². The first-order valence-electron chi connectivity index (χ1n) is 5.53. The van der Waals surface area contributed by atoms with Crippen molar-refractivity contribution in [3.05, 3.63) is 29.8 Å². The maximum absolute atomic E-state index is 12.2. The monoisotopic (exact) mass is 232 g/mol. The average molecular weight is 232 g/mol. The van der Waals surface area contributed by atoms with Crippen molar-refractivity contribution in [2.75, 3.05) is 6.54 Å². The van der Waals surface area contributed by atoms with Gasteiger partial charge in [0, 0.05) is 12.6 Å². The Balaban J connectivity index is 2.93. The number of carbonyl (C=O) groups is 1. The Kier molecular flexibility index (Phi) is 4.53. The van der Waals surface area contributed by atoms with Crippen molar-refractivity contribution >= 4 is 5.91 Å². The number of hydrogen-bond acceptors (Lipinski definition) is 3. The van der Waals surface area contributed by atoms with Crippen molar-refractivity contribution in [2.24, 2.45) is 0 Å². The molecular weight excluding hydrogens is 216 g/mol. The second-order valence-corrected chi connectivity index (χ2v) is 4.02. The molecule has 1 amide bonds. The normalized spacial score (nSPS) is 10.0. The summed E-state index contributed by atoms with van der Waals surface area (Å²) in [5.74, 6) is -0.270. The third-order valence-corrected chi connectivity index (χ3v) is 2.48. The molecule has 0 unspecified atom stereocenters. The molecule has 1 aromatic rings. The molecule has 1 N–H and O–H groups in total. The molecule has 0 fully saturated rings. The van der Waals surface area contributed by atoms with E-state index >= 15 is 0 Å². The Bertz CT molecular complexity index is 435. The van der Waals surface area contributed by atoms with E-state index in [1.54, 1.807) is 23.1 Å². The smallest absolute Gasteiger partial charge is 0.257 e. The molecule has 0 aromatic heterocycles. The standard InChI is InChI=1S/C13H16N2O2/c1-10(2)15(9-5-8-14)13(17)11-6-3-4-7-12(11)16/h3-4,6-7,10,16H,5,9H2,1-2H3. The number of benzene rings is 1. The van der Waals surface area contributed by atoms with Crippen LogP contribution in [0.1, 0.15) is 30.6 Å².